The number of aromatic carboxylic acids is 1. The zero-order valence-corrected chi connectivity index (χ0v) is 13.4. The number of aryl methyl sites for hydroxylation is 2. The van der Waals surface area contributed by atoms with Crippen molar-refractivity contribution in [1.82, 2.24) is 19.9 Å². The lowest BCUT2D eigenvalue weighted by Crippen LogP contribution is -1.97. The Kier molecular flexibility index (Phi) is 4.76. The zero-order valence-electron chi connectivity index (χ0n) is 12.6. The SMILES string of the molecule is Cc1nc(-c2cc(-c3cncc(C(=O)O)c3)ccn2)[nH]c1C.Cl. The van der Waals surface area contributed by atoms with Crippen molar-refractivity contribution in [3.63, 3.8) is 0 Å². The number of aromatic amines is 1. The number of carboxylic acid groups (broad SMARTS) is 1. The van der Waals surface area contributed by atoms with Gasteiger partial charge in [-0.1, -0.05) is 0 Å². The van der Waals surface area contributed by atoms with Gasteiger partial charge in [0, 0.05) is 29.8 Å². The third-order valence-electron chi connectivity index (χ3n) is 3.45. The van der Waals surface area contributed by atoms with Crippen LogP contribution in [0, 0.1) is 13.8 Å². The normalized spacial score (nSPS) is 10.2. The molecule has 6 nitrogen and oxygen atoms in total. The molecule has 3 aromatic rings. The van der Waals surface area contributed by atoms with Crippen LogP contribution in [0.25, 0.3) is 22.6 Å². The van der Waals surface area contributed by atoms with Gasteiger partial charge in [-0.25, -0.2) is 9.78 Å². The Morgan fingerprint density at radius 2 is 1.96 bits per heavy atom. The molecule has 0 saturated heterocycles. The van der Waals surface area contributed by atoms with Crippen molar-refractivity contribution in [3.8, 4) is 22.6 Å². The molecule has 0 aliphatic rings. The highest BCUT2D eigenvalue weighted by Gasteiger charge is 2.10. The molecular weight excluding hydrogens is 316 g/mol. The summed E-state index contributed by atoms with van der Waals surface area (Å²) in [5.41, 5.74) is 4.35. The Balaban J connectivity index is 0.00000192. The number of aromatic nitrogens is 4. The molecule has 0 aliphatic heterocycles. The topological polar surface area (TPSA) is 91.8 Å². The summed E-state index contributed by atoms with van der Waals surface area (Å²) in [6.45, 7) is 3.88. The van der Waals surface area contributed by atoms with Gasteiger partial charge in [0.1, 0.15) is 5.69 Å². The monoisotopic (exact) mass is 330 g/mol. The highest BCUT2D eigenvalue weighted by Crippen LogP contribution is 2.23. The fourth-order valence-corrected chi connectivity index (χ4v) is 2.12. The molecule has 0 saturated carbocycles. The van der Waals surface area contributed by atoms with Crippen molar-refractivity contribution in [2.45, 2.75) is 13.8 Å². The van der Waals surface area contributed by atoms with Gasteiger partial charge in [0.2, 0.25) is 0 Å². The molecule has 0 radical (unpaired) electrons. The number of nitrogens with one attached hydrogen (secondary N) is 1. The zero-order chi connectivity index (χ0) is 15.7. The van der Waals surface area contributed by atoms with Gasteiger partial charge in [-0.05, 0) is 37.6 Å². The summed E-state index contributed by atoms with van der Waals surface area (Å²) in [5, 5.41) is 9.05. The van der Waals surface area contributed by atoms with E-state index in [-0.39, 0.29) is 18.0 Å². The van der Waals surface area contributed by atoms with E-state index in [9.17, 15) is 4.79 Å². The second kappa shape index (κ2) is 6.58. The Morgan fingerprint density at radius 1 is 1.17 bits per heavy atom. The maximum absolute atomic E-state index is 11.0. The number of carbonyl (C=O) groups is 1. The number of H-pyrrole nitrogens is 1. The van der Waals surface area contributed by atoms with Crippen LogP contribution in [0.3, 0.4) is 0 Å². The van der Waals surface area contributed by atoms with Crippen LogP contribution < -0.4 is 0 Å². The van der Waals surface area contributed by atoms with Crippen LogP contribution in [0.5, 0.6) is 0 Å². The lowest BCUT2D eigenvalue weighted by Gasteiger charge is -2.04. The summed E-state index contributed by atoms with van der Waals surface area (Å²) >= 11 is 0. The van der Waals surface area contributed by atoms with E-state index < -0.39 is 5.97 Å². The van der Waals surface area contributed by atoms with Crippen molar-refractivity contribution in [1.29, 1.82) is 0 Å². The Bertz CT molecular complexity index is 841. The van der Waals surface area contributed by atoms with E-state index in [4.69, 9.17) is 5.11 Å². The van der Waals surface area contributed by atoms with E-state index in [2.05, 4.69) is 19.9 Å². The Morgan fingerprint density at radius 3 is 2.61 bits per heavy atom. The molecule has 0 aliphatic carbocycles. The molecule has 0 unspecified atom stereocenters. The van der Waals surface area contributed by atoms with Gasteiger partial charge in [0.25, 0.3) is 0 Å². The average molecular weight is 331 g/mol. The van der Waals surface area contributed by atoms with Crippen LogP contribution in [0.15, 0.2) is 36.8 Å². The summed E-state index contributed by atoms with van der Waals surface area (Å²) in [5.74, 6) is -0.305. The van der Waals surface area contributed by atoms with Gasteiger partial charge in [-0.3, -0.25) is 9.97 Å². The first-order valence-electron chi connectivity index (χ1n) is 6.73. The van der Waals surface area contributed by atoms with Gasteiger partial charge >= 0.3 is 5.97 Å². The third kappa shape index (κ3) is 3.37. The molecule has 0 aromatic carbocycles. The molecule has 0 fully saturated rings. The second-order valence-electron chi connectivity index (χ2n) is 4.99. The molecule has 3 aromatic heterocycles. The van der Waals surface area contributed by atoms with Crippen molar-refractivity contribution < 1.29 is 9.90 Å². The number of carboxylic acids is 1. The average Bonchev–Trinajstić information content (AvgIpc) is 2.87. The summed E-state index contributed by atoms with van der Waals surface area (Å²) in [6.07, 6.45) is 4.63. The molecule has 2 N–H and O–H groups in total. The molecule has 0 spiro atoms. The van der Waals surface area contributed by atoms with E-state index >= 15 is 0 Å². The van der Waals surface area contributed by atoms with Crippen LogP contribution in [0.2, 0.25) is 0 Å². The van der Waals surface area contributed by atoms with Crippen LogP contribution in [-0.2, 0) is 0 Å². The van der Waals surface area contributed by atoms with Crippen molar-refractivity contribution in [2.24, 2.45) is 0 Å². The second-order valence-corrected chi connectivity index (χ2v) is 4.99. The molecule has 0 atom stereocenters. The Labute approximate surface area is 139 Å². The predicted molar refractivity (Wildman–Crippen MR) is 88.7 cm³/mol. The van der Waals surface area contributed by atoms with Gasteiger partial charge < -0.3 is 10.1 Å². The van der Waals surface area contributed by atoms with Crippen LogP contribution in [0.1, 0.15) is 21.7 Å². The highest BCUT2D eigenvalue weighted by atomic mass is 35.5. The number of imidazole rings is 1. The molecule has 7 heteroatoms. The lowest BCUT2D eigenvalue weighted by molar-refractivity contribution is 0.0696. The van der Waals surface area contributed by atoms with E-state index in [1.807, 2.05) is 26.0 Å². The van der Waals surface area contributed by atoms with Crippen LogP contribution >= 0.6 is 12.4 Å². The van der Waals surface area contributed by atoms with E-state index in [1.54, 1.807) is 18.5 Å². The largest absolute Gasteiger partial charge is 0.478 e. The fraction of sp³-hybridized carbons (Fsp3) is 0.125. The summed E-state index contributed by atoms with van der Waals surface area (Å²) < 4.78 is 0. The molecule has 0 amide bonds. The number of pyridine rings is 2. The molecule has 3 rings (SSSR count). The first-order valence-corrected chi connectivity index (χ1v) is 6.73. The van der Waals surface area contributed by atoms with Crippen molar-refractivity contribution in [2.75, 3.05) is 0 Å². The maximum Gasteiger partial charge on any atom is 0.337 e. The molecule has 0 bridgehead atoms. The maximum atomic E-state index is 11.0. The van der Waals surface area contributed by atoms with Crippen LogP contribution in [-0.4, -0.2) is 31.0 Å². The number of halogens is 1. The minimum atomic E-state index is -0.999. The highest BCUT2D eigenvalue weighted by molar-refractivity contribution is 5.89. The van der Waals surface area contributed by atoms with Crippen molar-refractivity contribution >= 4 is 18.4 Å². The third-order valence-corrected chi connectivity index (χ3v) is 3.45. The molecular formula is C16H15ClN4O2. The number of hydrogen-bond donors (Lipinski definition) is 2. The standard InChI is InChI=1S/C16H14N4O2.ClH/c1-9-10(2)20-15(19-9)14-6-11(3-4-18-14)12-5-13(16(21)22)8-17-7-12;/h3-8H,1-2H3,(H,19,20)(H,21,22);1H. The summed E-state index contributed by atoms with van der Waals surface area (Å²) in [7, 11) is 0. The summed E-state index contributed by atoms with van der Waals surface area (Å²) in [6, 6.07) is 5.27. The minimum absolute atomic E-state index is 0. The number of rotatable bonds is 3. The Hall–Kier alpha value is -2.73. The van der Waals surface area contributed by atoms with E-state index in [0.29, 0.717) is 11.5 Å². The molecule has 118 valence electrons. The fourth-order valence-electron chi connectivity index (χ4n) is 2.12. The van der Waals surface area contributed by atoms with Gasteiger partial charge in [0.05, 0.1) is 11.3 Å². The quantitative estimate of drug-likeness (QED) is 0.769. The lowest BCUT2D eigenvalue weighted by atomic mass is 10.1. The van der Waals surface area contributed by atoms with Gasteiger partial charge in [-0.2, -0.15) is 0 Å². The van der Waals surface area contributed by atoms with E-state index in [1.165, 1.54) is 6.20 Å². The predicted octanol–water partition coefficient (Wildman–Crippen LogP) is 3.27. The van der Waals surface area contributed by atoms with Crippen LogP contribution in [0.4, 0.5) is 0 Å². The molecule has 23 heavy (non-hydrogen) atoms. The van der Waals surface area contributed by atoms with Gasteiger partial charge in [-0.15, -0.1) is 12.4 Å². The van der Waals surface area contributed by atoms with Crippen molar-refractivity contribution in [3.05, 3.63) is 53.7 Å². The first kappa shape index (κ1) is 16.6. The number of hydrogen-bond acceptors (Lipinski definition) is 4. The van der Waals surface area contributed by atoms with E-state index in [0.717, 1.165) is 22.5 Å². The molecule has 3 heterocycles. The smallest absolute Gasteiger partial charge is 0.337 e. The number of nitrogens with zero attached hydrogens (tertiary/aromatic N) is 3. The minimum Gasteiger partial charge on any atom is -0.478 e. The van der Waals surface area contributed by atoms with Gasteiger partial charge in [0.15, 0.2) is 5.82 Å². The summed E-state index contributed by atoms with van der Waals surface area (Å²) in [4.78, 5) is 27.0. The first-order chi connectivity index (χ1) is 10.5.